The topological polar surface area (TPSA) is 66.6 Å². The number of rotatable bonds is 4. The lowest BCUT2D eigenvalue weighted by atomic mass is 10.2. The number of carbonyl (C=O) groups is 1. The standard InChI is InChI=1S/C14H14N2O3/c17-13-8-15-6-5-12(13)14(18)16(10-3-4-10)9-11-2-1-7-19-11/h1-2,5-8,10,17H,3-4,9H2. The highest BCUT2D eigenvalue weighted by molar-refractivity contribution is 5.96. The van der Waals surface area contributed by atoms with Crippen LogP contribution < -0.4 is 0 Å². The van der Waals surface area contributed by atoms with Crippen molar-refractivity contribution in [2.45, 2.75) is 25.4 Å². The Morgan fingerprint density at radius 2 is 2.32 bits per heavy atom. The van der Waals surface area contributed by atoms with E-state index in [-0.39, 0.29) is 23.3 Å². The monoisotopic (exact) mass is 258 g/mol. The summed E-state index contributed by atoms with van der Waals surface area (Å²) in [6.07, 6.45) is 6.38. The zero-order chi connectivity index (χ0) is 13.2. The van der Waals surface area contributed by atoms with Crippen molar-refractivity contribution in [2.24, 2.45) is 0 Å². The first-order chi connectivity index (χ1) is 9.25. The maximum Gasteiger partial charge on any atom is 0.258 e. The lowest BCUT2D eigenvalue weighted by Crippen LogP contribution is -2.32. The molecule has 0 unspecified atom stereocenters. The first-order valence-corrected chi connectivity index (χ1v) is 6.22. The number of aromatic nitrogens is 1. The van der Waals surface area contributed by atoms with Gasteiger partial charge in [0.25, 0.3) is 5.91 Å². The molecule has 5 heteroatoms. The molecule has 19 heavy (non-hydrogen) atoms. The molecule has 3 rings (SSSR count). The molecule has 98 valence electrons. The lowest BCUT2D eigenvalue weighted by Gasteiger charge is -2.21. The number of aromatic hydroxyl groups is 1. The van der Waals surface area contributed by atoms with E-state index in [4.69, 9.17) is 4.42 Å². The average molecular weight is 258 g/mol. The van der Waals surface area contributed by atoms with Crippen LogP contribution in [0.5, 0.6) is 5.75 Å². The van der Waals surface area contributed by atoms with Gasteiger partial charge in [0, 0.05) is 12.2 Å². The Kier molecular flexibility index (Phi) is 2.95. The summed E-state index contributed by atoms with van der Waals surface area (Å²) in [5.41, 5.74) is 0.286. The molecule has 1 amide bonds. The van der Waals surface area contributed by atoms with Crippen LogP contribution in [0.25, 0.3) is 0 Å². The van der Waals surface area contributed by atoms with Crippen molar-refractivity contribution < 1.29 is 14.3 Å². The third-order valence-corrected chi connectivity index (χ3v) is 3.19. The SMILES string of the molecule is O=C(c1ccncc1O)N(Cc1ccco1)C1CC1. The number of amides is 1. The molecule has 0 atom stereocenters. The summed E-state index contributed by atoms with van der Waals surface area (Å²) in [6, 6.07) is 5.42. The largest absolute Gasteiger partial charge is 0.505 e. The van der Waals surface area contributed by atoms with Crippen LogP contribution in [0.4, 0.5) is 0 Å². The maximum atomic E-state index is 12.5. The first-order valence-electron chi connectivity index (χ1n) is 6.22. The van der Waals surface area contributed by atoms with Gasteiger partial charge < -0.3 is 14.4 Å². The zero-order valence-electron chi connectivity index (χ0n) is 10.3. The Bertz CT molecular complexity index is 576. The third-order valence-electron chi connectivity index (χ3n) is 3.19. The Balaban J connectivity index is 1.84. The van der Waals surface area contributed by atoms with Gasteiger partial charge in [0.15, 0.2) is 0 Å². The molecule has 2 aromatic heterocycles. The second kappa shape index (κ2) is 4.76. The summed E-state index contributed by atoms with van der Waals surface area (Å²) >= 11 is 0. The molecule has 0 spiro atoms. The van der Waals surface area contributed by atoms with Gasteiger partial charge in [0.05, 0.1) is 24.6 Å². The van der Waals surface area contributed by atoms with Gasteiger partial charge in [-0.05, 0) is 31.0 Å². The van der Waals surface area contributed by atoms with Crippen molar-refractivity contribution in [2.75, 3.05) is 0 Å². The van der Waals surface area contributed by atoms with Crippen molar-refractivity contribution in [1.82, 2.24) is 9.88 Å². The molecule has 0 saturated heterocycles. The molecule has 0 aromatic carbocycles. The number of carbonyl (C=O) groups excluding carboxylic acids is 1. The van der Waals surface area contributed by atoms with Crippen molar-refractivity contribution in [1.29, 1.82) is 0 Å². The molecule has 1 fully saturated rings. The van der Waals surface area contributed by atoms with Gasteiger partial charge in [-0.2, -0.15) is 0 Å². The molecule has 1 saturated carbocycles. The van der Waals surface area contributed by atoms with Gasteiger partial charge in [0.1, 0.15) is 11.5 Å². The Morgan fingerprint density at radius 3 is 2.95 bits per heavy atom. The summed E-state index contributed by atoms with van der Waals surface area (Å²) in [5, 5.41) is 9.72. The smallest absolute Gasteiger partial charge is 0.258 e. The van der Waals surface area contributed by atoms with Gasteiger partial charge >= 0.3 is 0 Å². The van der Waals surface area contributed by atoms with Gasteiger partial charge in [-0.15, -0.1) is 0 Å². The van der Waals surface area contributed by atoms with Gasteiger partial charge in [-0.25, -0.2) is 0 Å². The molecule has 1 aliphatic carbocycles. The third kappa shape index (κ3) is 2.45. The first kappa shape index (κ1) is 11.8. The highest BCUT2D eigenvalue weighted by Gasteiger charge is 2.34. The highest BCUT2D eigenvalue weighted by Crippen LogP contribution is 2.31. The van der Waals surface area contributed by atoms with Gasteiger partial charge in [-0.3, -0.25) is 9.78 Å². The lowest BCUT2D eigenvalue weighted by molar-refractivity contribution is 0.0714. The summed E-state index contributed by atoms with van der Waals surface area (Å²) in [5.74, 6) is 0.477. The van der Waals surface area contributed by atoms with E-state index in [0.717, 1.165) is 18.6 Å². The Labute approximate surface area is 110 Å². The van der Waals surface area contributed by atoms with E-state index in [1.165, 1.54) is 18.5 Å². The molecule has 1 N–H and O–H groups in total. The Hall–Kier alpha value is -2.30. The van der Waals surface area contributed by atoms with Crippen molar-refractivity contribution >= 4 is 5.91 Å². The van der Waals surface area contributed by atoms with Crippen molar-refractivity contribution in [3.63, 3.8) is 0 Å². The highest BCUT2D eigenvalue weighted by atomic mass is 16.3. The van der Waals surface area contributed by atoms with Crippen LogP contribution in [-0.4, -0.2) is 26.9 Å². The van der Waals surface area contributed by atoms with E-state index in [0.29, 0.717) is 6.54 Å². The van der Waals surface area contributed by atoms with Gasteiger partial charge in [-0.1, -0.05) is 0 Å². The molecule has 0 bridgehead atoms. The van der Waals surface area contributed by atoms with Crippen LogP contribution in [0.3, 0.4) is 0 Å². The molecule has 0 radical (unpaired) electrons. The fourth-order valence-corrected chi connectivity index (χ4v) is 2.05. The molecular formula is C14H14N2O3. The molecular weight excluding hydrogens is 244 g/mol. The minimum Gasteiger partial charge on any atom is -0.505 e. The average Bonchev–Trinajstić information content (AvgIpc) is 3.13. The van der Waals surface area contributed by atoms with E-state index in [2.05, 4.69) is 4.98 Å². The quantitative estimate of drug-likeness (QED) is 0.912. The van der Waals surface area contributed by atoms with Crippen LogP contribution in [0.2, 0.25) is 0 Å². The number of furan rings is 1. The van der Waals surface area contributed by atoms with E-state index in [9.17, 15) is 9.90 Å². The maximum absolute atomic E-state index is 12.5. The fraction of sp³-hybridized carbons (Fsp3) is 0.286. The molecule has 0 aliphatic heterocycles. The van der Waals surface area contributed by atoms with Crippen LogP contribution in [0.15, 0.2) is 41.3 Å². The van der Waals surface area contributed by atoms with Crippen LogP contribution in [0.1, 0.15) is 29.0 Å². The minimum absolute atomic E-state index is 0.0856. The van der Waals surface area contributed by atoms with Gasteiger partial charge in [0.2, 0.25) is 0 Å². The summed E-state index contributed by atoms with van der Waals surface area (Å²) < 4.78 is 5.29. The predicted octanol–water partition coefficient (Wildman–Crippen LogP) is 2.18. The Morgan fingerprint density at radius 1 is 1.47 bits per heavy atom. The minimum atomic E-state index is -0.182. The second-order valence-electron chi connectivity index (χ2n) is 4.64. The van der Waals surface area contributed by atoms with Crippen molar-refractivity contribution in [3.8, 4) is 5.75 Å². The summed E-state index contributed by atoms with van der Waals surface area (Å²) in [4.78, 5) is 18.0. The molecule has 5 nitrogen and oxygen atoms in total. The number of hydrogen-bond donors (Lipinski definition) is 1. The van der Waals surface area contributed by atoms with E-state index in [1.807, 2.05) is 6.07 Å². The van der Waals surface area contributed by atoms with E-state index < -0.39 is 0 Å². The van der Waals surface area contributed by atoms with E-state index >= 15 is 0 Å². The predicted molar refractivity (Wildman–Crippen MR) is 67.5 cm³/mol. The van der Waals surface area contributed by atoms with Crippen LogP contribution in [-0.2, 0) is 6.54 Å². The number of nitrogens with zero attached hydrogens (tertiary/aromatic N) is 2. The normalized spacial score (nSPS) is 14.3. The summed E-state index contributed by atoms with van der Waals surface area (Å²) in [6.45, 7) is 0.429. The van der Waals surface area contributed by atoms with Crippen molar-refractivity contribution in [3.05, 3.63) is 48.2 Å². The summed E-state index contributed by atoms with van der Waals surface area (Å²) in [7, 11) is 0. The number of pyridine rings is 1. The molecule has 1 aliphatic rings. The van der Waals surface area contributed by atoms with Crippen LogP contribution in [0, 0.1) is 0 Å². The van der Waals surface area contributed by atoms with E-state index in [1.54, 1.807) is 17.2 Å². The fourth-order valence-electron chi connectivity index (χ4n) is 2.05. The van der Waals surface area contributed by atoms with Crippen LogP contribution >= 0.6 is 0 Å². The zero-order valence-corrected chi connectivity index (χ0v) is 10.3. The number of hydrogen-bond acceptors (Lipinski definition) is 4. The molecule has 2 aromatic rings. The second-order valence-corrected chi connectivity index (χ2v) is 4.64. The molecule has 2 heterocycles.